The summed E-state index contributed by atoms with van der Waals surface area (Å²) >= 11 is 7.56. The van der Waals surface area contributed by atoms with Crippen LogP contribution in [0.5, 0.6) is 0 Å². The van der Waals surface area contributed by atoms with Crippen LogP contribution in [-0.4, -0.2) is 10.9 Å². The molecule has 0 heterocycles. The summed E-state index contributed by atoms with van der Waals surface area (Å²) in [6.45, 7) is 0. The van der Waals surface area contributed by atoms with Crippen LogP contribution in [0.3, 0.4) is 0 Å². The summed E-state index contributed by atoms with van der Waals surface area (Å²) in [5, 5.41) is 0. The quantitative estimate of drug-likeness (QED) is 0.363. The van der Waals surface area contributed by atoms with E-state index in [0.29, 0.717) is 0 Å². The maximum absolute atomic E-state index is 11.0. The van der Waals surface area contributed by atoms with Gasteiger partial charge in [0.2, 0.25) is 0 Å². The standard InChI is InChI=1S/C2H2I4O2S/c3-1(4)9(7,8)2(5)6/h1-2H. The normalized spacial score (nSPS) is 13.1. The van der Waals surface area contributed by atoms with Gasteiger partial charge in [0.1, 0.15) is 0 Å². The topological polar surface area (TPSA) is 34.1 Å². The molecule has 56 valence electrons. The first-order valence-electron chi connectivity index (χ1n) is 1.68. The van der Waals surface area contributed by atoms with Gasteiger partial charge in [0.25, 0.3) is 0 Å². The van der Waals surface area contributed by atoms with E-state index in [1.165, 1.54) is 0 Å². The Morgan fingerprint density at radius 1 is 0.889 bits per heavy atom. The summed E-state index contributed by atoms with van der Waals surface area (Å²) in [5.41, 5.74) is 0. The predicted molar refractivity (Wildman–Crippen MR) is 72.6 cm³/mol. The number of halogens is 4. The van der Waals surface area contributed by atoms with Crippen LogP contribution >= 0.6 is 90.4 Å². The molecule has 0 aliphatic rings. The third-order valence-corrected chi connectivity index (χ3v) is 10.00. The Labute approximate surface area is 109 Å². The third-order valence-electron chi connectivity index (χ3n) is 0.497. The smallest absolute Gasteiger partial charge is 0.192 e. The van der Waals surface area contributed by atoms with Crippen LogP contribution in [0, 0.1) is 0 Å². The Morgan fingerprint density at radius 3 is 1.11 bits per heavy atom. The minimum Gasteiger partial charge on any atom is -0.225 e. The van der Waals surface area contributed by atoms with E-state index in [1.54, 1.807) is 0 Å². The first-order chi connectivity index (χ1) is 3.89. The van der Waals surface area contributed by atoms with Crippen molar-refractivity contribution < 1.29 is 8.42 Å². The van der Waals surface area contributed by atoms with Crippen molar-refractivity contribution in [2.45, 2.75) is 2.53 Å². The largest absolute Gasteiger partial charge is 0.225 e. The van der Waals surface area contributed by atoms with Gasteiger partial charge in [-0.3, -0.25) is 0 Å². The third kappa shape index (κ3) is 3.87. The summed E-state index contributed by atoms with van der Waals surface area (Å²) < 4.78 is 21.4. The summed E-state index contributed by atoms with van der Waals surface area (Å²) in [6.07, 6.45) is 0. The molecule has 0 fully saturated rings. The van der Waals surface area contributed by atoms with E-state index in [1.807, 2.05) is 90.4 Å². The molecule has 0 aliphatic heterocycles. The zero-order chi connectivity index (χ0) is 7.65. The van der Waals surface area contributed by atoms with Crippen LogP contribution in [0.2, 0.25) is 0 Å². The molecule has 0 saturated heterocycles. The second-order valence-electron chi connectivity index (χ2n) is 1.11. The van der Waals surface area contributed by atoms with E-state index in [-0.39, 0.29) is 2.53 Å². The van der Waals surface area contributed by atoms with E-state index in [0.717, 1.165) is 0 Å². The minimum atomic E-state index is -2.87. The van der Waals surface area contributed by atoms with Crippen LogP contribution in [0.4, 0.5) is 0 Å². The van der Waals surface area contributed by atoms with E-state index < -0.39 is 9.84 Å². The monoisotopic (exact) mass is 598 g/mol. The highest BCUT2D eigenvalue weighted by Gasteiger charge is 2.25. The molecule has 0 aromatic heterocycles. The van der Waals surface area contributed by atoms with Gasteiger partial charge in [-0.15, -0.1) is 0 Å². The van der Waals surface area contributed by atoms with Crippen molar-refractivity contribution in [3.63, 3.8) is 0 Å². The molecule has 9 heavy (non-hydrogen) atoms. The van der Waals surface area contributed by atoms with Crippen molar-refractivity contribution in [2.24, 2.45) is 0 Å². The molecule has 0 aromatic carbocycles. The highest BCUT2D eigenvalue weighted by Crippen LogP contribution is 2.29. The summed E-state index contributed by atoms with van der Waals surface area (Å²) in [7, 11) is -2.87. The molecular weight excluding hydrogens is 596 g/mol. The van der Waals surface area contributed by atoms with E-state index in [2.05, 4.69) is 0 Å². The van der Waals surface area contributed by atoms with E-state index >= 15 is 0 Å². The molecule has 2 nitrogen and oxygen atoms in total. The molecule has 0 unspecified atom stereocenters. The number of rotatable bonds is 2. The zero-order valence-corrected chi connectivity index (χ0v) is 13.3. The second-order valence-corrected chi connectivity index (χ2v) is 16.4. The van der Waals surface area contributed by atoms with Gasteiger partial charge in [-0.2, -0.15) is 0 Å². The Hall–Kier alpha value is 2.87. The van der Waals surface area contributed by atoms with Crippen LogP contribution in [0.25, 0.3) is 0 Å². The number of hydrogen-bond donors (Lipinski definition) is 0. The van der Waals surface area contributed by atoms with E-state index in [4.69, 9.17) is 0 Å². The lowest BCUT2D eigenvalue weighted by Crippen LogP contribution is -2.13. The van der Waals surface area contributed by atoms with Crippen molar-refractivity contribution in [2.75, 3.05) is 0 Å². The maximum Gasteiger partial charge on any atom is 0.192 e. The summed E-state index contributed by atoms with van der Waals surface area (Å²) in [5.74, 6) is 0. The molecule has 0 rings (SSSR count). The molecule has 0 radical (unpaired) electrons. The van der Waals surface area contributed by atoms with Gasteiger partial charge in [0.15, 0.2) is 12.4 Å². The predicted octanol–water partition coefficient (Wildman–Crippen LogP) is 2.71. The Kier molecular flexibility index (Phi) is 6.32. The fraction of sp³-hybridized carbons (Fsp3) is 1.00. The molecule has 0 bridgehead atoms. The second kappa shape index (κ2) is 4.79. The highest BCUT2D eigenvalue weighted by atomic mass is 127. The Balaban J connectivity index is 4.42. The maximum atomic E-state index is 11.0. The molecule has 0 aromatic rings. The Bertz CT molecular complexity index is 157. The van der Waals surface area contributed by atoms with Gasteiger partial charge in [0, 0.05) is 0 Å². The van der Waals surface area contributed by atoms with Gasteiger partial charge >= 0.3 is 0 Å². The average molecular weight is 598 g/mol. The van der Waals surface area contributed by atoms with E-state index in [9.17, 15) is 8.42 Å². The van der Waals surface area contributed by atoms with Crippen molar-refractivity contribution >= 4 is 100 Å². The van der Waals surface area contributed by atoms with Crippen LogP contribution in [-0.2, 0) is 9.84 Å². The molecule has 0 saturated carbocycles. The Morgan fingerprint density at radius 2 is 1.11 bits per heavy atom. The van der Waals surface area contributed by atoms with Crippen molar-refractivity contribution in [1.29, 1.82) is 0 Å². The number of hydrogen-bond acceptors (Lipinski definition) is 2. The SMILES string of the molecule is O=S(=O)(C(I)I)C(I)I. The van der Waals surface area contributed by atoms with Crippen LogP contribution < -0.4 is 0 Å². The van der Waals surface area contributed by atoms with Gasteiger partial charge in [-0.25, -0.2) is 8.42 Å². The summed E-state index contributed by atoms with van der Waals surface area (Å²) in [6, 6.07) is 0. The fourth-order valence-electron chi connectivity index (χ4n) is 0.0778. The fourth-order valence-corrected chi connectivity index (χ4v) is 10.5. The van der Waals surface area contributed by atoms with Crippen LogP contribution in [0.15, 0.2) is 0 Å². The van der Waals surface area contributed by atoms with Crippen LogP contribution in [0.1, 0.15) is 0 Å². The van der Waals surface area contributed by atoms with Crippen molar-refractivity contribution in [1.82, 2.24) is 0 Å². The first kappa shape index (κ1) is 11.9. The minimum absolute atomic E-state index is 0.313. The molecule has 0 atom stereocenters. The van der Waals surface area contributed by atoms with Gasteiger partial charge < -0.3 is 0 Å². The summed E-state index contributed by atoms with van der Waals surface area (Å²) in [4.78, 5) is 0. The number of sulfone groups is 1. The molecule has 0 amide bonds. The lowest BCUT2D eigenvalue weighted by atomic mass is 11.9. The lowest BCUT2D eigenvalue weighted by Gasteiger charge is -2.03. The van der Waals surface area contributed by atoms with Gasteiger partial charge in [-0.1, -0.05) is 90.4 Å². The molecular formula is C2H2I4O2S. The molecule has 0 aliphatic carbocycles. The van der Waals surface area contributed by atoms with Gasteiger partial charge in [0.05, 0.1) is 0 Å². The molecule has 0 spiro atoms. The van der Waals surface area contributed by atoms with Crippen molar-refractivity contribution in [3.05, 3.63) is 0 Å². The molecule has 7 heteroatoms. The van der Waals surface area contributed by atoms with Gasteiger partial charge in [-0.05, 0) is 0 Å². The van der Waals surface area contributed by atoms with Crippen molar-refractivity contribution in [3.8, 4) is 0 Å². The first-order valence-corrected chi connectivity index (χ1v) is 8.27. The molecule has 0 N–H and O–H groups in total. The average Bonchev–Trinajstić information content (AvgIpc) is 1.65. The zero-order valence-electron chi connectivity index (χ0n) is 3.89. The lowest BCUT2D eigenvalue weighted by molar-refractivity contribution is 0.605. The highest BCUT2D eigenvalue weighted by molar-refractivity contribution is 14.2. The number of alkyl halides is 4.